The number of halogens is 6. The summed E-state index contributed by atoms with van der Waals surface area (Å²) in [5, 5.41) is 2.33. The largest absolute Gasteiger partial charge is 0.416 e. The lowest BCUT2D eigenvalue weighted by molar-refractivity contribution is -0.143. The van der Waals surface area contributed by atoms with Crippen molar-refractivity contribution in [3.63, 3.8) is 0 Å². The molecule has 0 saturated carbocycles. The Balaban J connectivity index is 2.14. The lowest BCUT2D eigenvalue weighted by Gasteiger charge is -2.13. The van der Waals surface area contributed by atoms with E-state index in [4.69, 9.17) is 0 Å². The minimum Gasteiger partial charge on any atom is -0.306 e. The molecule has 0 aromatic heterocycles. The molecule has 0 bridgehead atoms. The van der Waals surface area contributed by atoms with Gasteiger partial charge in [-0.2, -0.15) is 26.3 Å². The van der Waals surface area contributed by atoms with E-state index in [0.29, 0.717) is 17.7 Å². The van der Waals surface area contributed by atoms with E-state index < -0.39 is 35.1 Å². The predicted molar refractivity (Wildman–Crippen MR) is 76.6 cm³/mol. The van der Waals surface area contributed by atoms with Crippen molar-refractivity contribution in [3.8, 4) is 0 Å². The first-order valence-electron chi connectivity index (χ1n) is 6.84. The number of amides is 1. The average Bonchev–Trinajstić information content (AvgIpc) is 2.82. The van der Waals surface area contributed by atoms with E-state index in [-0.39, 0.29) is 17.5 Å². The molecule has 0 aliphatic carbocycles. The van der Waals surface area contributed by atoms with Crippen molar-refractivity contribution in [2.75, 3.05) is 0 Å². The van der Waals surface area contributed by atoms with Crippen LogP contribution in [0.25, 0.3) is 0 Å². The van der Waals surface area contributed by atoms with Crippen LogP contribution in [0.3, 0.4) is 0 Å². The van der Waals surface area contributed by atoms with Gasteiger partial charge in [0.25, 0.3) is 5.91 Å². The van der Waals surface area contributed by atoms with Crippen LogP contribution in [0.4, 0.5) is 32.0 Å². The maximum atomic E-state index is 12.9. The Morgan fingerprint density at radius 2 is 1.32 bits per heavy atom. The second-order valence-electron chi connectivity index (χ2n) is 5.22. The number of nitrogens with one attached hydrogen (secondary N) is 1. The SMILES string of the molecule is O=C1NC(=Nc2cc(C(F)(F)F)cc(C(F)(F)F)c2)c2ccccc21. The molecule has 0 fully saturated rings. The summed E-state index contributed by atoms with van der Waals surface area (Å²) in [7, 11) is 0. The number of nitrogens with zero attached hydrogens (tertiary/aromatic N) is 1. The van der Waals surface area contributed by atoms with Crippen molar-refractivity contribution in [2.24, 2.45) is 4.99 Å². The molecule has 3 rings (SSSR count). The zero-order valence-electron chi connectivity index (χ0n) is 12.2. The molecule has 130 valence electrons. The highest BCUT2D eigenvalue weighted by atomic mass is 19.4. The zero-order chi connectivity index (χ0) is 18.4. The molecule has 1 N–H and O–H groups in total. The highest BCUT2D eigenvalue weighted by molar-refractivity contribution is 6.23. The smallest absolute Gasteiger partial charge is 0.306 e. The predicted octanol–water partition coefficient (Wildman–Crippen LogP) is 4.55. The third-order valence-corrected chi connectivity index (χ3v) is 3.47. The molecule has 1 aliphatic heterocycles. The van der Waals surface area contributed by atoms with Gasteiger partial charge in [0.05, 0.1) is 22.4 Å². The van der Waals surface area contributed by atoms with Crippen LogP contribution >= 0.6 is 0 Å². The van der Waals surface area contributed by atoms with Crippen LogP contribution in [0.15, 0.2) is 47.5 Å². The van der Waals surface area contributed by atoms with Gasteiger partial charge in [-0.15, -0.1) is 0 Å². The standard InChI is InChI=1S/C16H8F6N2O/c17-15(18,19)8-5-9(16(20,21)22)7-10(6-8)23-13-11-3-1-2-4-12(11)14(25)24-13/h1-7H,(H,23,24,25). The molecule has 25 heavy (non-hydrogen) atoms. The molecule has 2 aromatic carbocycles. The van der Waals surface area contributed by atoms with E-state index in [0.717, 1.165) is 0 Å². The maximum Gasteiger partial charge on any atom is 0.416 e. The number of hydrogen-bond donors (Lipinski definition) is 1. The van der Waals surface area contributed by atoms with E-state index >= 15 is 0 Å². The molecule has 2 aromatic rings. The summed E-state index contributed by atoms with van der Waals surface area (Å²) in [5.41, 5.74) is -2.96. The van der Waals surface area contributed by atoms with Gasteiger partial charge in [-0.25, -0.2) is 4.99 Å². The van der Waals surface area contributed by atoms with Gasteiger partial charge >= 0.3 is 12.4 Å². The number of alkyl halides is 6. The van der Waals surface area contributed by atoms with Crippen molar-refractivity contribution >= 4 is 17.4 Å². The van der Waals surface area contributed by atoms with E-state index in [1.807, 2.05) is 0 Å². The molecule has 3 nitrogen and oxygen atoms in total. The van der Waals surface area contributed by atoms with Crippen LogP contribution in [0.2, 0.25) is 0 Å². The van der Waals surface area contributed by atoms with Crippen molar-refractivity contribution in [2.45, 2.75) is 12.4 Å². The fourth-order valence-corrected chi connectivity index (χ4v) is 2.35. The quantitative estimate of drug-likeness (QED) is 0.747. The summed E-state index contributed by atoms with van der Waals surface area (Å²) in [4.78, 5) is 15.5. The molecule has 0 saturated heterocycles. The van der Waals surface area contributed by atoms with Gasteiger partial charge in [-0.1, -0.05) is 18.2 Å². The van der Waals surface area contributed by atoms with Gasteiger partial charge in [-0.05, 0) is 24.3 Å². The second-order valence-corrected chi connectivity index (χ2v) is 5.22. The minimum absolute atomic E-state index is 0.0187. The van der Waals surface area contributed by atoms with Crippen LogP contribution in [0.1, 0.15) is 27.0 Å². The summed E-state index contributed by atoms with van der Waals surface area (Å²) in [5.74, 6) is -0.634. The average molecular weight is 358 g/mol. The number of amidine groups is 1. The fourth-order valence-electron chi connectivity index (χ4n) is 2.35. The van der Waals surface area contributed by atoms with Crippen LogP contribution in [-0.2, 0) is 12.4 Å². The van der Waals surface area contributed by atoms with Crippen molar-refractivity contribution in [1.29, 1.82) is 0 Å². The number of rotatable bonds is 1. The Hall–Kier alpha value is -2.84. The lowest BCUT2D eigenvalue weighted by atomic mass is 10.1. The summed E-state index contributed by atoms with van der Waals surface area (Å²) in [6, 6.07) is 7.12. The third kappa shape index (κ3) is 3.35. The number of hydrogen-bond acceptors (Lipinski definition) is 2. The topological polar surface area (TPSA) is 41.5 Å². The molecular formula is C16H8F6N2O. The van der Waals surface area contributed by atoms with E-state index in [1.165, 1.54) is 12.1 Å². The van der Waals surface area contributed by atoms with Crippen LogP contribution in [0, 0.1) is 0 Å². The number of benzene rings is 2. The minimum atomic E-state index is -4.97. The molecule has 1 aliphatic rings. The highest BCUT2D eigenvalue weighted by Gasteiger charge is 2.37. The molecule has 0 unspecified atom stereocenters. The number of carbonyl (C=O) groups excluding carboxylic acids is 1. The summed E-state index contributed by atoms with van der Waals surface area (Å²) >= 11 is 0. The molecule has 1 heterocycles. The first-order chi connectivity index (χ1) is 11.6. The van der Waals surface area contributed by atoms with Gasteiger partial charge in [-0.3, -0.25) is 4.79 Å². The summed E-state index contributed by atoms with van der Waals surface area (Å²) < 4.78 is 77.2. The molecule has 9 heteroatoms. The van der Waals surface area contributed by atoms with Gasteiger partial charge < -0.3 is 5.32 Å². The number of fused-ring (bicyclic) bond motifs is 1. The van der Waals surface area contributed by atoms with Gasteiger partial charge in [0.2, 0.25) is 0 Å². The van der Waals surface area contributed by atoms with Crippen molar-refractivity contribution in [3.05, 3.63) is 64.7 Å². The van der Waals surface area contributed by atoms with Crippen molar-refractivity contribution in [1.82, 2.24) is 5.32 Å². The lowest BCUT2D eigenvalue weighted by Crippen LogP contribution is -2.21. The first-order valence-corrected chi connectivity index (χ1v) is 6.84. The monoisotopic (exact) mass is 358 g/mol. The molecular weight excluding hydrogens is 350 g/mol. The normalized spacial score (nSPS) is 16.1. The van der Waals surface area contributed by atoms with Crippen molar-refractivity contribution < 1.29 is 31.1 Å². The van der Waals surface area contributed by atoms with Crippen LogP contribution in [0.5, 0.6) is 0 Å². The number of carbonyl (C=O) groups is 1. The van der Waals surface area contributed by atoms with Crippen LogP contribution < -0.4 is 5.32 Å². The van der Waals surface area contributed by atoms with E-state index in [9.17, 15) is 31.1 Å². The Morgan fingerprint density at radius 1 is 0.800 bits per heavy atom. The Bertz CT molecular complexity index is 851. The molecule has 0 atom stereocenters. The first kappa shape index (κ1) is 17.0. The Morgan fingerprint density at radius 3 is 1.84 bits per heavy atom. The molecule has 0 spiro atoms. The fraction of sp³-hybridized carbons (Fsp3) is 0.125. The second kappa shape index (κ2) is 5.61. The summed E-state index contributed by atoms with van der Waals surface area (Å²) in [6.07, 6.45) is -9.93. The Labute approximate surface area is 137 Å². The van der Waals surface area contributed by atoms with Gasteiger partial charge in [0.15, 0.2) is 0 Å². The maximum absolute atomic E-state index is 12.9. The van der Waals surface area contributed by atoms with E-state index in [1.54, 1.807) is 12.1 Å². The number of aliphatic imine (C=N–C) groups is 1. The van der Waals surface area contributed by atoms with Gasteiger partial charge in [0, 0.05) is 5.56 Å². The zero-order valence-corrected chi connectivity index (χ0v) is 12.2. The van der Waals surface area contributed by atoms with Gasteiger partial charge in [0.1, 0.15) is 5.84 Å². The summed E-state index contributed by atoms with van der Waals surface area (Å²) in [6.45, 7) is 0. The highest BCUT2D eigenvalue weighted by Crippen LogP contribution is 2.38. The van der Waals surface area contributed by atoms with Crippen LogP contribution in [-0.4, -0.2) is 11.7 Å². The third-order valence-electron chi connectivity index (χ3n) is 3.47. The van der Waals surface area contributed by atoms with E-state index in [2.05, 4.69) is 10.3 Å². The Kier molecular flexibility index (Phi) is 3.81. The molecule has 1 amide bonds. The molecule has 0 radical (unpaired) electrons.